The van der Waals surface area contributed by atoms with E-state index in [0.29, 0.717) is 18.9 Å². The third-order valence-corrected chi connectivity index (χ3v) is 4.89. The van der Waals surface area contributed by atoms with Crippen LogP contribution in [0.15, 0.2) is 28.7 Å². The summed E-state index contributed by atoms with van der Waals surface area (Å²) in [6, 6.07) is 8.58. The van der Waals surface area contributed by atoms with E-state index in [1.165, 1.54) is 0 Å². The molecule has 5 heteroatoms. The van der Waals surface area contributed by atoms with Gasteiger partial charge in [0.2, 0.25) is 5.91 Å². The average Bonchev–Trinajstić information content (AvgIpc) is 2.83. The van der Waals surface area contributed by atoms with E-state index >= 15 is 0 Å². The number of halogens is 2. The third kappa shape index (κ3) is 5.25. The van der Waals surface area contributed by atoms with E-state index < -0.39 is 0 Å². The monoisotopic (exact) mass is 388 g/mol. The Bertz CT molecular complexity index is 478. The van der Waals surface area contributed by atoms with Crippen LogP contribution in [-0.4, -0.2) is 22.9 Å². The highest BCUT2D eigenvalue weighted by atomic mass is 79.9. The van der Waals surface area contributed by atoms with Crippen molar-refractivity contribution in [3.63, 3.8) is 0 Å². The standard InChI is InChI=1S/C17H25BrN2O.ClH/c1-12(2)20(11-13-6-8-15(18)9-7-13)17(21)10-14-4-3-5-16(14)19;/h6-9,12,14,16H,3-5,10-11,19H2,1-2H3;1H/t14-,16+;/m0./s1. The quantitative estimate of drug-likeness (QED) is 0.823. The number of amides is 1. The molecular formula is C17H26BrClN2O. The fourth-order valence-corrected chi connectivity index (χ4v) is 3.27. The molecule has 1 aliphatic rings. The lowest BCUT2D eigenvalue weighted by Crippen LogP contribution is -2.39. The summed E-state index contributed by atoms with van der Waals surface area (Å²) in [6.07, 6.45) is 3.91. The molecule has 0 unspecified atom stereocenters. The first-order valence-electron chi connectivity index (χ1n) is 7.77. The molecule has 0 aliphatic heterocycles. The molecule has 2 atom stereocenters. The molecule has 0 radical (unpaired) electrons. The number of carbonyl (C=O) groups is 1. The molecule has 1 saturated carbocycles. The molecule has 0 spiro atoms. The zero-order chi connectivity index (χ0) is 15.4. The summed E-state index contributed by atoms with van der Waals surface area (Å²) in [5, 5.41) is 0. The van der Waals surface area contributed by atoms with E-state index in [-0.39, 0.29) is 30.4 Å². The maximum atomic E-state index is 12.6. The van der Waals surface area contributed by atoms with E-state index in [4.69, 9.17) is 5.73 Å². The number of benzene rings is 1. The molecule has 0 heterocycles. The van der Waals surface area contributed by atoms with E-state index in [1.54, 1.807) is 0 Å². The van der Waals surface area contributed by atoms with Crippen molar-refractivity contribution < 1.29 is 4.79 Å². The Balaban J connectivity index is 0.00000242. The fourth-order valence-electron chi connectivity index (χ4n) is 3.01. The lowest BCUT2D eigenvalue weighted by Gasteiger charge is -2.29. The van der Waals surface area contributed by atoms with Gasteiger partial charge in [-0.25, -0.2) is 0 Å². The molecule has 1 aromatic rings. The lowest BCUT2D eigenvalue weighted by molar-refractivity contribution is -0.134. The molecule has 0 aromatic heterocycles. The van der Waals surface area contributed by atoms with Crippen molar-refractivity contribution in [3.05, 3.63) is 34.3 Å². The highest BCUT2D eigenvalue weighted by Gasteiger charge is 2.28. The Morgan fingerprint density at radius 1 is 1.32 bits per heavy atom. The predicted octanol–water partition coefficient (Wildman–Crippen LogP) is 4.13. The lowest BCUT2D eigenvalue weighted by atomic mass is 9.99. The number of nitrogens with zero attached hydrogens (tertiary/aromatic N) is 1. The van der Waals surface area contributed by atoms with Gasteiger partial charge in [0.05, 0.1) is 0 Å². The smallest absolute Gasteiger partial charge is 0.223 e. The van der Waals surface area contributed by atoms with E-state index in [1.807, 2.05) is 17.0 Å². The van der Waals surface area contributed by atoms with Crippen LogP contribution >= 0.6 is 28.3 Å². The van der Waals surface area contributed by atoms with Crippen LogP contribution in [0.2, 0.25) is 0 Å². The predicted molar refractivity (Wildman–Crippen MR) is 97.0 cm³/mol. The molecule has 1 fully saturated rings. The number of carbonyl (C=O) groups excluding carboxylic acids is 1. The minimum atomic E-state index is 0. The molecule has 1 aliphatic carbocycles. The molecule has 2 rings (SSSR count). The molecule has 2 N–H and O–H groups in total. The first kappa shape index (κ1) is 19.5. The average molecular weight is 390 g/mol. The van der Waals surface area contributed by atoms with Gasteiger partial charge in [0.1, 0.15) is 0 Å². The first-order chi connectivity index (χ1) is 9.97. The Morgan fingerprint density at radius 3 is 2.45 bits per heavy atom. The summed E-state index contributed by atoms with van der Waals surface area (Å²) < 4.78 is 1.06. The van der Waals surface area contributed by atoms with Gasteiger partial charge < -0.3 is 10.6 Å². The summed E-state index contributed by atoms with van der Waals surface area (Å²) in [7, 11) is 0. The zero-order valence-corrected chi connectivity index (χ0v) is 15.7. The molecule has 1 aromatic carbocycles. The van der Waals surface area contributed by atoms with E-state index in [9.17, 15) is 4.79 Å². The van der Waals surface area contributed by atoms with E-state index in [2.05, 4.69) is 41.9 Å². The van der Waals surface area contributed by atoms with Gasteiger partial charge in [-0.2, -0.15) is 0 Å². The third-order valence-electron chi connectivity index (χ3n) is 4.36. The SMILES string of the molecule is CC(C)N(Cc1ccc(Br)cc1)C(=O)C[C@@H]1CCC[C@H]1N.Cl. The zero-order valence-electron chi connectivity index (χ0n) is 13.3. The maximum Gasteiger partial charge on any atom is 0.223 e. The van der Waals surface area contributed by atoms with Crippen molar-refractivity contribution >= 4 is 34.2 Å². The fraction of sp³-hybridized carbons (Fsp3) is 0.588. The topological polar surface area (TPSA) is 46.3 Å². The normalized spacial score (nSPS) is 20.8. The maximum absolute atomic E-state index is 12.6. The van der Waals surface area contributed by atoms with Gasteiger partial charge >= 0.3 is 0 Å². The van der Waals surface area contributed by atoms with Crippen LogP contribution in [0.3, 0.4) is 0 Å². The number of rotatable bonds is 5. The Kier molecular flexibility index (Phi) is 7.87. The first-order valence-corrected chi connectivity index (χ1v) is 8.56. The molecule has 22 heavy (non-hydrogen) atoms. The summed E-state index contributed by atoms with van der Waals surface area (Å²) in [6.45, 7) is 4.82. The van der Waals surface area contributed by atoms with Crippen molar-refractivity contribution in [3.8, 4) is 0 Å². The van der Waals surface area contributed by atoms with Gasteiger partial charge in [-0.1, -0.05) is 34.5 Å². The van der Waals surface area contributed by atoms with Crippen LogP contribution < -0.4 is 5.73 Å². The van der Waals surface area contributed by atoms with Gasteiger partial charge in [0, 0.05) is 29.5 Å². The highest BCUT2D eigenvalue weighted by Crippen LogP contribution is 2.28. The minimum absolute atomic E-state index is 0. The van der Waals surface area contributed by atoms with Crippen LogP contribution in [0.4, 0.5) is 0 Å². The molecule has 124 valence electrons. The van der Waals surface area contributed by atoms with Gasteiger partial charge in [-0.15, -0.1) is 12.4 Å². The van der Waals surface area contributed by atoms with Gasteiger partial charge in [-0.3, -0.25) is 4.79 Å². The van der Waals surface area contributed by atoms with Crippen LogP contribution in [0.25, 0.3) is 0 Å². The molecule has 0 saturated heterocycles. The number of hydrogen-bond acceptors (Lipinski definition) is 2. The second kappa shape index (κ2) is 8.90. The molecule has 3 nitrogen and oxygen atoms in total. The van der Waals surface area contributed by atoms with Crippen molar-refractivity contribution in [2.75, 3.05) is 0 Å². The highest BCUT2D eigenvalue weighted by molar-refractivity contribution is 9.10. The minimum Gasteiger partial charge on any atom is -0.336 e. The molecular weight excluding hydrogens is 364 g/mol. The van der Waals surface area contributed by atoms with Crippen LogP contribution in [0, 0.1) is 5.92 Å². The van der Waals surface area contributed by atoms with Crippen molar-refractivity contribution in [2.45, 2.75) is 58.2 Å². The van der Waals surface area contributed by atoms with Crippen LogP contribution in [-0.2, 0) is 11.3 Å². The summed E-state index contributed by atoms with van der Waals surface area (Å²) in [4.78, 5) is 14.6. The second-order valence-corrected chi connectivity index (χ2v) is 7.22. The Labute approximate surface area is 148 Å². The second-order valence-electron chi connectivity index (χ2n) is 6.30. The Morgan fingerprint density at radius 2 is 1.95 bits per heavy atom. The van der Waals surface area contributed by atoms with Crippen molar-refractivity contribution in [2.24, 2.45) is 11.7 Å². The molecule has 1 amide bonds. The van der Waals surface area contributed by atoms with Gasteiger partial charge in [-0.05, 0) is 50.3 Å². The van der Waals surface area contributed by atoms with Crippen molar-refractivity contribution in [1.82, 2.24) is 4.90 Å². The van der Waals surface area contributed by atoms with Crippen LogP contribution in [0.5, 0.6) is 0 Å². The summed E-state index contributed by atoms with van der Waals surface area (Å²) in [5.41, 5.74) is 7.26. The molecule has 0 bridgehead atoms. The number of nitrogens with two attached hydrogens (primary N) is 1. The summed E-state index contributed by atoms with van der Waals surface area (Å²) in [5.74, 6) is 0.596. The van der Waals surface area contributed by atoms with Gasteiger partial charge in [0.25, 0.3) is 0 Å². The van der Waals surface area contributed by atoms with Crippen LogP contribution in [0.1, 0.15) is 45.1 Å². The largest absolute Gasteiger partial charge is 0.336 e. The van der Waals surface area contributed by atoms with Crippen molar-refractivity contribution in [1.29, 1.82) is 0 Å². The van der Waals surface area contributed by atoms with E-state index in [0.717, 1.165) is 29.3 Å². The number of hydrogen-bond donors (Lipinski definition) is 1. The Hall–Kier alpha value is -0.580. The summed E-state index contributed by atoms with van der Waals surface area (Å²) >= 11 is 3.44. The van der Waals surface area contributed by atoms with Gasteiger partial charge in [0.15, 0.2) is 0 Å².